The average molecular weight is 331 g/mol. The molecule has 1 saturated heterocycles. The van der Waals surface area contributed by atoms with Crippen molar-refractivity contribution >= 4 is 22.4 Å². The highest BCUT2D eigenvalue weighted by molar-refractivity contribution is 7.89. The van der Waals surface area contributed by atoms with Gasteiger partial charge in [0.25, 0.3) is 0 Å². The number of ether oxygens (including phenoxy) is 2. The number of halogens is 1. The minimum Gasteiger partial charge on any atom is -0.381 e. The first-order chi connectivity index (χ1) is 8.90. The third-order valence-corrected chi connectivity index (χ3v) is 5.25. The summed E-state index contributed by atoms with van der Waals surface area (Å²) in [7, 11) is -1.65. The van der Waals surface area contributed by atoms with Gasteiger partial charge in [0, 0.05) is 26.2 Å². The molecule has 1 aliphatic rings. The number of rotatable bonds is 7. The quantitative estimate of drug-likeness (QED) is 0.739. The number of methoxy groups -OCH3 is 1. The minimum absolute atomic E-state index is 0. The fourth-order valence-corrected chi connectivity index (χ4v) is 3.84. The van der Waals surface area contributed by atoms with E-state index in [1.807, 2.05) is 13.8 Å². The highest BCUT2D eigenvalue weighted by Gasteiger charge is 2.34. The summed E-state index contributed by atoms with van der Waals surface area (Å²) in [5.74, 6) is 0.0132. The molecule has 0 saturated carbocycles. The largest absolute Gasteiger partial charge is 0.381 e. The molecule has 0 bridgehead atoms. The molecule has 0 aromatic rings. The first kappa shape index (κ1) is 20.1. The molecule has 2 N–H and O–H groups in total. The molecule has 0 aliphatic carbocycles. The zero-order valence-electron chi connectivity index (χ0n) is 12.4. The van der Waals surface area contributed by atoms with Crippen molar-refractivity contribution in [3.63, 3.8) is 0 Å². The lowest BCUT2D eigenvalue weighted by atomic mass is 10.0. The fraction of sp³-hybridized carbons (Fsp3) is 1.00. The van der Waals surface area contributed by atoms with Crippen molar-refractivity contribution in [2.75, 3.05) is 32.6 Å². The van der Waals surface area contributed by atoms with E-state index in [2.05, 4.69) is 0 Å². The van der Waals surface area contributed by atoms with E-state index in [1.165, 1.54) is 4.31 Å². The van der Waals surface area contributed by atoms with Crippen LogP contribution in [-0.4, -0.2) is 63.5 Å². The number of sulfonamides is 1. The van der Waals surface area contributed by atoms with Gasteiger partial charge in [-0.15, -0.1) is 12.4 Å². The van der Waals surface area contributed by atoms with E-state index >= 15 is 0 Å². The van der Waals surface area contributed by atoms with Crippen molar-refractivity contribution in [3.8, 4) is 0 Å². The predicted octanol–water partition coefficient (Wildman–Crippen LogP) is 0.601. The van der Waals surface area contributed by atoms with Gasteiger partial charge in [0.15, 0.2) is 0 Å². The van der Waals surface area contributed by atoms with E-state index in [0.29, 0.717) is 19.5 Å². The Balaban J connectivity index is 0.00000361. The summed E-state index contributed by atoms with van der Waals surface area (Å²) in [6, 6.07) is -0.164. The third-order valence-electron chi connectivity index (χ3n) is 3.37. The van der Waals surface area contributed by atoms with E-state index in [-0.39, 0.29) is 43.0 Å². The van der Waals surface area contributed by atoms with Crippen molar-refractivity contribution in [1.82, 2.24) is 4.31 Å². The van der Waals surface area contributed by atoms with Crippen LogP contribution in [0.15, 0.2) is 0 Å². The predicted molar refractivity (Wildman–Crippen MR) is 81.7 cm³/mol. The summed E-state index contributed by atoms with van der Waals surface area (Å²) in [5.41, 5.74) is 5.69. The lowest BCUT2D eigenvalue weighted by molar-refractivity contribution is 0.0396. The first-order valence-corrected chi connectivity index (χ1v) is 8.35. The number of hydrogen-bond donors (Lipinski definition) is 1. The zero-order chi connectivity index (χ0) is 14.5. The summed E-state index contributed by atoms with van der Waals surface area (Å²) in [4.78, 5) is 0. The molecule has 1 heterocycles. The van der Waals surface area contributed by atoms with Gasteiger partial charge in [-0.25, -0.2) is 8.42 Å². The molecule has 6 nitrogen and oxygen atoms in total. The molecule has 1 aliphatic heterocycles. The fourth-order valence-electron chi connectivity index (χ4n) is 2.29. The molecule has 0 spiro atoms. The van der Waals surface area contributed by atoms with Gasteiger partial charge in [-0.05, 0) is 26.7 Å². The van der Waals surface area contributed by atoms with Crippen molar-refractivity contribution in [2.24, 2.45) is 5.73 Å². The molecule has 0 amide bonds. The van der Waals surface area contributed by atoms with E-state index in [0.717, 1.165) is 6.42 Å². The highest BCUT2D eigenvalue weighted by atomic mass is 35.5. The molecule has 122 valence electrons. The van der Waals surface area contributed by atoms with Crippen LogP contribution in [0.3, 0.4) is 0 Å². The monoisotopic (exact) mass is 330 g/mol. The molecule has 2 unspecified atom stereocenters. The van der Waals surface area contributed by atoms with Gasteiger partial charge < -0.3 is 15.2 Å². The summed E-state index contributed by atoms with van der Waals surface area (Å²) in [6.07, 6.45) is 1.53. The molecular weight excluding hydrogens is 304 g/mol. The topological polar surface area (TPSA) is 81.9 Å². The Morgan fingerprint density at radius 3 is 2.55 bits per heavy atom. The molecule has 1 fully saturated rings. The van der Waals surface area contributed by atoms with Crippen LogP contribution in [0.2, 0.25) is 0 Å². The van der Waals surface area contributed by atoms with Crippen LogP contribution in [0.4, 0.5) is 0 Å². The van der Waals surface area contributed by atoms with Crippen molar-refractivity contribution in [1.29, 1.82) is 0 Å². The minimum atomic E-state index is -3.30. The van der Waals surface area contributed by atoms with Crippen LogP contribution in [-0.2, 0) is 19.5 Å². The molecule has 1 rings (SSSR count). The van der Waals surface area contributed by atoms with Gasteiger partial charge in [0.1, 0.15) is 0 Å². The Labute approximate surface area is 128 Å². The van der Waals surface area contributed by atoms with Crippen LogP contribution >= 0.6 is 12.4 Å². The Hall–Kier alpha value is 0.0800. The second-order valence-electron chi connectivity index (χ2n) is 5.12. The summed E-state index contributed by atoms with van der Waals surface area (Å²) in [6.45, 7) is 4.80. The third kappa shape index (κ3) is 5.83. The van der Waals surface area contributed by atoms with Crippen molar-refractivity contribution < 1.29 is 17.9 Å². The summed E-state index contributed by atoms with van der Waals surface area (Å²) < 4.78 is 36.7. The molecule has 0 aromatic heterocycles. The maximum Gasteiger partial charge on any atom is 0.216 e. The maximum absolute atomic E-state index is 12.3. The second-order valence-corrected chi connectivity index (χ2v) is 7.16. The Morgan fingerprint density at radius 1 is 1.40 bits per heavy atom. The standard InChI is InChI=1S/C12H26N2O4S.ClH/c1-10(2)18-6-7-19(15,16)14-5-4-12(17-3)8-11(14)9-13;/h10-12H,4-9,13H2,1-3H3;1H. The average Bonchev–Trinajstić information content (AvgIpc) is 2.37. The van der Waals surface area contributed by atoms with Crippen LogP contribution in [0.25, 0.3) is 0 Å². The molecule has 0 aromatic carbocycles. The lowest BCUT2D eigenvalue weighted by Gasteiger charge is -2.37. The van der Waals surface area contributed by atoms with Crippen molar-refractivity contribution in [3.05, 3.63) is 0 Å². The van der Waals surface area contributed by atoms with Crippen LogP contribution in [0, 0.1) is 0 Å². The van der Waals surface area contributed by atoms with Gasteiger partial charge in [-0.3, -0.25) is 0 Å². The molecule has 2 atom stereocenters. The lowest BCUT2D eigenvalue weighted by Crippen LogP contribution is -2.52. The summed E-state index contributed by atoms with van der Waals surface area (Å²) >= 11 is 0. The van der Waals surface area contributed by atoms with Crippen molar-refractivity contribution in [2.45, 2.75) is 44.9 Å². The number of piperidine rings is 1. The maximum atomic E-state index is 12.3. The second kappa shape index (κ2) is 9.17. The van der Waals surface area contributed by atoms with Gasteiger partial charge in [0.2, 0.25) is 10.0 Å². The van der Waals surface area contributed by atoms with Crippen LogP contribution in [0.5, 0.6) is 0 Å². The first-order valence-electron chi connectivity index (χ1n) is 6.74. The molecule has 0 radical (unpaired) electrons. The number of nitrogens with zero attached hydrogens (tertiary/aromatic N) is 1. The molecule has 8 heteroatoms. The SMILES string of the molecule is COC1CCN(S(=O)(=O)CCOC(C)C)C(CN)C1.Cl. The number of hydrogen-bond acceptors (Lipinski definition) is 5. The van der Waals surface area contributed by atoms with E-state index < -0.39 is 10.0 Å². The Morgan fingerprint density at radius 2 is 2.05 bits per heavy atom. The van der Waals surface area contributed by atoms with Gasteiger partial charge in [-0.1, -0.05) is 0 Å². The van der Waals surface area contributed by atoms with Gasteiger partial charge >= 0.3 is 0 Å². The Kier molecular flexibility index (Phi) is 9.21. The molecular formula is C12H27ClN2O4S. The van der Waals surface area contributed by atoms with Gasteiger partial charge in [-0.2, -0.15) is 4.31 Å². The highest BCUT2D eigenvalue weighted by Crippen LogP contribution is 2.22. The normalized spacial score (nSPS) is 24.6. The van der Waals surface area contributed by atoms with E-state index in [1.54, 1.807) is 7.11 Å². The van der Waals surface area contributed by atoms with Crippen LogP contribution in [0.1, 0.15) is 26.7 Å². The number of nitrogens with two attached hydrogens (primary N) is 1. The summed E-state index contributed by atoms with van der Waals surface area (Å²) in [5, 5.41) is 0. The van der Waals surface area contributed by atoms with E-state index in [9.17, 15) is 8.42 Å². The van der Waals surface area contributed by atoms with Crippen LogP contribution < -0.4 is 5.73 Å². The van der Waals surface area contributed by atoms with E-state index in [4.69, 9.17) is 15.2 Å². The molecule has 20 heavy (non-hydrogen) atoms. The van der Waals surface area contributed by atoms with Gasteiger partial charge in [0.05, 0.1) is 24.6 Å². The Bertz CT molecular complexity index is 364. The smallest absolute Gasteiger partial charge is 0.216 e. The zero-order valence-corrected chi connectivity index (χ0v) is 14.1.